The van der Waals surface area contributed by atoms with Crippen molar-refractivity contribution >= 4 is 22.5 Å². The minimum absolute atomic E-state index is 0.0272. The third-order valence-corrected chi connectivity index (χ3v) is 8.91. The molecule has 6 rings (SSSR count). The van der Waals surface area contributed by atoms with E-state index in [0.717, 1.165) is 11.1 Å². The molecule has 0 unspecified atom stereocenters. The van der Waals surface area contributed by atoms with Crippen molar-refractivity contribution in [2.75, 3.05) is 5.94 Å². The molecule has 1 saturated carbocycles. The summed E-state index contributed by atoms with van der Waals surface area (Å²) in [6.45, 7) is 0. The lowest BCUT2D eigenvalue weighted by Crippen LogP contribution is -2.25. The first-order chi connectivity index (χ1) is 15.8. The van der Waals surface area contributed by atoms with Crippen molar-refractivity contribution in [3.8, 4) is 22.6 Å². The first kappa shape index (κ1) is 20.5. The molecule has 3 aliphatic rings. The molecular weight excluding hydrogens is 412 g/mol. The summed E-state index contributed by atoms with van der Waals surface area (Å²) in [6.07, 6.45) is 14.4. The second-order valence-electron chi connectivity index (χ2n) is 9.88. The fourth-order valence-corrected chi connectivity index (χ4v) is 7.25. The number of hydrogen-bond donors (Lipinski definition) is 1. The lowest BCUT2D eigenvalue weighted by molar-refractivity contribution is 0.388. The smallest absolute Gasteiger partial charge is 0.138 e. The highest BCUT2D eigenvalue weighted by molar-refractivity contribution is 7.99. The Morgan fingerprint density at radius 1 is 0.750 bits per heavy atom. The number of benzene rings is 3. The minimum atomic E-state index is 0.0272. The molecule has 2 nitrogen and oxygen atoms in total. The number of ether oxygens (including phenoxy) is 1. The Kier molecular flexibility index (Phi) is 5.33. The first-order valence-corrected chi connectivity index (χ1v) is 13.5. The van der Waals surface area contributed by atoms with Crippen LogP contribution < -0.4 is 4.74 Å². The molecule has 3 aromatic carbocycles. The van der Waals surface area contributed by atoms with E-state index >= 15 is 0 Å². The van der Waals surface area contributed by atoms with Crippen molar-refractivity contribution in [2.24, 2.45) is 0 Å². The SMILES string of the molecule is Oc1cc2c(c3cc4c(cc13)OCS4)-c1ccccc1C21CCCCCCCCCCC1. The van der Waals surface area contributed by atoms with E-state index in [1.54, 1.807) is 11.8 Å². The summed E-state index contributed by atoms with van der Waals surface area (Å²) in [6, 6.07) is 15.5. The third-order valence-electron chi connectivity index (χ3n) is 8.04. The fourth-order valence-electron chi connectivity index (χ4n) is 6.48. The van der Waals surface area contributed by atoms with Crippen LogP contribution in [0.2, 0.25) is 0 Å². The molecule has 32 heavy (non-hydrogen) atoms. The topological polar surface area (TPSA) is 29.5 Å². The maximum atomic E-state index is 11.2. The van der Waals surface area contributed by atoms with Crippen LogP contribution in [0.3, 0.4) is 0 Å². The molecule has 1 N–H and O–H groups in total. The van der Waals surface area contributed by atoms with Gasteiger partial charge in [-0.25, -0.2) is 0 Å². The standard InChI is InChI=1S/C29H32O2S/c30-25-18-24-28(22-17-27-26(16-21(22)25)31-19-32-27)20-12-8-9-13-23(20)29(24)14-10-6-4-2-1-3-5-7-11-15-29/h8-9,12-13,16-18,30H,1-7,10-11,14-15,19H2. The summed E-state index contributed by atoms with van der Waals surface area (Å²) >= 11 is 1.75. The Morgan fingerprint density at radius 2 is 1.44 bits per heavy atom. The molecule has 3 aromatic rings. The van der Waals surface area contributed by atoms with Crippen molar-refractivity contribution in [3.05, 3.63) is 53.6 Å². The summed E-state index contributed by atoms with van der Waals surface area (Å²) < 4.78 is 5.79. The Labute approximate surface area is 195 Å². The summed E-state index contributed by atoms with van der Waals surface area (Å²) in [5, 5.41) is 13.3. The van der Waals surface area contributed by atoms with Gasteiger partial charge in [-0.3, -0.25) is 0 Å². The largest absolute Gasteiger partial charge is 0.507 e. The molecule has 0 atom stereocenters. The third kappa shape index (κ3) is 3.23. The van der Waals surface area contributed by atoms with Crippen LogP contribution in [0.15, 0.2) is 47.4 Å². The van der Waals surface area contributed by atoms with E-state index in [9.17, 15) is 5.11 Å². The fraction of sp³-hybridized carbons (Fsp3) is 0.448. The zero-order valence-electron chi connectivity index (χ0n) is 18.8. The molecule has 2 aliphatic carbocycles. The highest BCUT2D eigenvalue weighted by Crippen LogP contribution is 2.58. The molecule has 1 heterocycles. The number of phenolic OH excluding ortho intramolecular Hbond substituents is 1. The Balaban J connectivity index is 1.56. The Morgan fingerprint density at radius 3 is 2.19 bits per heavy atom. The van der Waals surface area contributed by atoms with Crippen LogP contribution in [0.4, 0.5) is 0 Å². The van der Waals surface area contributed by atoms with Gasteiger partial charge in [-0.05, 0) is 58.7 Å². The van der Waals surface area contributed by atoms with Crippen molar-refractivity contribution < 1.29 is 9.84 Å². The van der Waals surface area contributed by atoms with Crippen LogP contribution in [0.5, 0.6) is 11.5 Å². The predicted octanol–water partition coefficient (Wildman–Crippen LogP) is 8.56. The highest BCUT2D eigenvalue weighted by atomic mass is 32.2. The average molecular weight is 445 g/mol. The van der Waals surface area contributed by atoms with Crippen LogP contribution in [0.1, 0.15) is 81.8 Å². The zero-order valence-corrected chi connectivity index (χ0v) is 19.6. The molecule has 1 spiro atoms. The number of fused-ring (bicyclic) bond motifs is 8. The van der Waals surface area contributed by atoms with Gasteiger partial charge in [0.1, 0.15) is 17.4 Å². The quantitative estimate of drug-likeness (QED) is 0.376. The summed E-state index contributed by atoms with van der Waals surface area (Å²) in [7, 11) is 0. The number of rotatable bonds is 0. The van der Waals surface area contributed by atoms with Gasteiger partial charge >= 0.3 is 0 Å². The lowest BCUT2D eigenvalue weighted by atomic mass is 9.70. The number of aromatic hydroxyl groups is 1. The van der Waals surface area contributed by atoms with Gasteiger partial charge in [-0.15, -0.1) is 0 Å². The van der Waals surface area contributed by atoms with Gasteiger partial charge in [0.05, 0.1) is 4.90 Å². The van der Waals surface area contributed by atoms with Gasteiger partial charge < -0.3 is 9.84 Å². The Hall–Kier alpha value is -2.13. The van der Waals surface area contributed by atoms with Gasteiger partial charge in [0, 0.05) is 10.8 Å². The van der Waals surface area contributed by atoms with Gasteiger partial charge in [0.2, 0.25) is 0 Å². The number of phenols is 1. The molecule has 1 aliphatic heterocycles. The molecule has 166 valence electrons. The van der Waals surface area contributed by atoms with Crippen LogP contribution in [0.25, 0.3) is 21.9 Å². The van der Waals surface area contributed by atoms with E-state index in [-0.39, 0.29) is 5.41 Å². The maximum absolute atomic E-state index is 11.2. The van der Waals surface area contributed by atoms with Crippen molar-refractivity contribution in [2.45, 2.75) is 80.9 Å². The van der Waals surface area contributed by atoms with E-state index in [1.165, 1.54) is 103 Å². The molecule has 0 saturated heterocycles. The number of thioether (sulfide) groups is 1. The van der Waals surface area contributed by atoms with E-state index < -0.39 is 0 Å². The van der Waals surface area contributed by atoms with E-state index in [2.05, 4.69) is 42.5 Å². The monoisotopic (exact) mass is 444 g/mol. The minimum Gasteiger partial charge on any atom is -0.507 e. The summed E-state index contributed by atoms with van der Waals surface area (Å²) in [5.41, 5.74) is 5.62. The Bertz CT molecular complexity index is 1150. The molecular formula is C29H32O2S. The first-order valence-electron chi connectivity index (χ1n) is 12.5. The summed E-state index contributed by atoms with van der Waals surface area (Å²) in [4.78, 5) is 1.20. The van der Waals surface area contributed by atoms with Gasteiger partial charge in [0.15, 0.2) is 0 Å². The van der Waals surface area contributed by atoms with Gasteiger partial charge in [-0.2, -0.15) is 0 Å². The van der Waals surface area contributed by atoms with Crippen molar-refractivity contribution in [1.82, 2.24) is 0 Å². The van der Waals surface area contributed by atoms with Crippen LogP contribution in [0, 0.1) is 0 Å². The van der Waals surface area contributed by atoms with E-state index in [0.29, 0.717) is 11.7 Å². The molecule has 0 radical (unpaired) electrons. The van der Waals surface area contributed by atoms with Crippen molar-refractivity contribution in [3.63, 3.8) is 0 Å². The predicted molar refractivity (Wildman–Crippen MR) is 134 cm³/mol. The lowest BCUT2D eigenvalue weighted by Gasteiger charge is -2.33. The van der Waals surface area contributed by atoms with Gasteiger partial charge in [-0.1, -0.05) is 93.8 Å². The zero-order chi connectivity index (χ0) is 21.5. The van der Waals surface area contributed by atoms with Crippen LogP contribution in [-0.2, 0) is 5.41 Å². The normalized spacial score (nSPS) is 20.1. The molecule has 0 bridgehead atoms. The molecule has 3 heteroatoms. The second kappa shape index (κ2) is 8.33. The van der Waals surface area contributed by atoms with Crippen LogP contribution in [-0.4, -0.2) is 11.0 Å². The molecule has 0 amide bonds. The summed E-state index contributed by atoms with van der Waals surface area (Å²) in [5.74, 6) is 1.97. The molecule has 1 fully saturated rings. The average Bonchev–Trinajstić information content (AvgIpc) is 3.36. The van der Waals surface area contributed by atoms with E-state index in [1.807, 2.05) is 0 Å². The maximum Gasteiger partial charge on any atom is 0.138 e. The highest BCUT2D eigenvalue weighted by Gasteiger charge is 2.43. The number of hydrogen-bond acceptors (Lipinski definition) is 3. The van der Waals surface area contributed by atoms with Gasteiger partial charge in [0.25, 0.3) is 0 Å². The van der Waals surface area contributed by atoms with Crippen molar-refractivity contribution in [1.29, 1.82) is 0 Å². The van der Waals surface area contributed by atoms with E-state index in [4.69, 9.17) is 4.74 Å². The molecule has 0 aromatic heterocycles. The van der Waals surface area contributed by atoms with Crippen LogP contribution >= 0.6 is 11.8 Å². The second-order valence-corrected chi connectivity index (χ2v) is 10.8.